The summed E-state index contributed by atoms with van der Waals surface area (Å²) in [5.41, 5.74) is 1.14. The lowest BCUT2D eigenvalue weighted by molar-refractivity contribution is 0.588. The number of rotatable bonds is 4. The highest BCUT2D eigenvalue weighted by atomic mass is 32.1. The van der Waals surface area contributed by atoms with Crippen LogP contribution in [-0.2, 0) is 0 Å². The van der Waals surface area contributed by atoms with E-state index in [0.29, 0.717) is 18.4 Å². The molecule has 3 nitrogen and oxygen atoms in total. The van der Waals surface area contributed by atoms with Crippen molar-refractivity contribution < 1.29 is 0 Å². The molecule has 3 atom stereocenters. The maximum atomic E-state index is 4.66. The standard InChI is InChI=1S/C15H19N3S/c1-3-6-16-15-18(11(2)10-19-15)17-9-14-8-12-4-5-13(14)7-12/h3-5,9-10,12-14H,1,6-8H2,2H3. The van der Waals surface area contributed by atoms with E-state index in [1.165, 1.54) is 12.8 Å². The van der Waals surface area contributed by atoms with Crippen molar-refractivity contribution in [2.45, 2.75) is 19.8 Å². The quantitative estimate of drug-likeness (QED) is 0.596. The Morgan fingerprint density at radius 1 is 1.47 bits per heavy atom. The van der Waals surface area contributed by atoms with Gasteiger partial charge in [-0.1, -0.05) is 18.2 Å². The number of hydrogen-bond acceptors (Lipinski definition) is 3. The maximum absolute atomic E-state index is 4.66. The van der Waals surface area contributed by atoms with Gasteiger partial charge in [0.2, 0.25) is 4.80 Å². The summed E-state index contributed by atoms with van der Waals surface area (Å²) in [4.78, 5) is 5.43. The molecule has 0 aliphatic heterocycles. The molecule has 2 aliphatic carbocycles. The highest BCUT2D eigenvalue weighted by molar-refractivity contribution is 7.07. The number of nitrogens with zero attached hydrogens (tertiary/aromatic N) is 3. The van der Waals surface area contributed by atoms with Gasteiger partial charge in [0.15, 0.2) is 0 Å². The zero-order valence-electron chi connectivity index (χ0n) is 11.2. The summed E-state index contributed by atoms with van der Waals surface area (Å²) in [5.74, 6) is 2.11. The number of aryl methyl sites for hydroxylation is 1. The number of allylic oxidation sites excluding steroid dienone is 2. The van der Waals surface area contributed by atoms with Crippen LogP contribution in [0.5, 0.6) is 0 Å². The van der Waals surface area contributed by atoms with Crippen LogP contribution in [0.2, 0.25) is 0 Å². The van der Waals surface area contributed by atoms with Crippen molar-refractivity contribution >= 4 is 17.6 Å². The van der Waals surface area contributed by atoms with Gasteiger partial charge in [0.05, 0.1) is 12.2 Å². The van der Waals surface area contributed by atoms with Crippen LogP contribution < -0.4 is 4.80 Å². The van der Waals surface area contributed by atoms with Crippen molar-refractivity contribution in [3.8, 4) is 0 Å². The summed E-state index contributed by atoms with van der Waals surface area (Å²) in [6, 6.07) is 0. The predicted molar refractivity (Wildman–Crippen MR) is 80.4 cm³/mol. The van der Waals surface area contributed by atoms with Crippen LogP contribution in [0.4, 0.5) is 0 Å². The second-order valence-electron chi connectivity index (χ2n) is 5.31. The normalized spacial score (nSPS) is 29.7. The van der Waals surface area contributed by atoms with Gasteiger partial charge in [0, 0.05) is 17.5 Å². The molecule has 19 heavy (non-hydrogen) atoms. The minimum atomic E-state index is 0.606. The monoisotopic (exact) mass is 273 g/mol. The first-order valence-corrected chi connectivity index (χ1v) is 7.67. The van der Waals surface area contributed by atoms with Gasteiger partial charge in [-0.2, -0.15) is 5.10 Å². The number of aromatic nitrogens is 1. The van der Waals surface area contributed by atoms with Crippen LogP contribution in [-0.4, -0.2) is 17.4 Å². The fraction of sp³-hybridized carbons (Fsp3) is 0.467. The summed E-state index contributed by atoms with van der Waals surface area (Å²) in [5, 5.41) is 6.76. The Bertz CT molecular complexity index is 591. The van der Waals surface area contributed by atoms with E-state index in [9.17, 15) is 0 Å². The van der Waals surface area contributed by atoms with E-state index in [0.717, 1.165) is 16.4 Å². The molecule has 0 spiro atoms. The van der Waals surface area contributed by atoms with Gasteiger partial charge in [-0.05, 0) is 31.6 Å². The molecule has 0 aromatic carbocycles. The van der Waals surface area contributed by atoms with E-state index in [1.54, 1.807) is 11.3 Å². The molecule has 1 fully saturated rings. The molecule has 4 heteroatoms. The summed E-state index contributed by atoms with van der Waals surface area (Å²) < 4.78 is 1.95. The number of hydrogen-bond donors (Lipinski definition) is 0. The Morgan fingerprint density at radius 2 is 2.37 bits per heavy atom. The molecule has 1 heterocycles. The molecule has 2 bridgehead atoms. The zero-order chi connectivity index (χ0) is 13.2. The van der Waals surface area contributed by atoms with E-state index in [-0.39, 0.29) is 0 Å². The third-order valence-electron chi connectivity index (χ3n) is 3.91. The number of fused-ring (bicyclic) bond motifs is 2. The lowest BCUT2D eigenvalue weighted by Gasteiger charge is -2.12. The fourth-order valence-corrected chi connectivity index (χ4v) is 3.74. The van der Waals surface area contributed by atoms with Gasteiger partial charge in [0.25, 0.3) is 0 Å². The molecule has 2 aliphatic rings. The van der Waals surface area contributed by atoms with E-state index >= 15 is 0 Å². The van der Waals surface area contributed by atoms with E-state index in [1.807, 2.05) is 10.8 Å². The van der Waals surface area contributed by atoms with E-state index in [4.69, 9.17) is 0 Å². The van der Waals surface area contributed by atoms with Gasteiger partial charge in [0.1, 0.15) is 0 Å². The third-order valence-corrected chi connectivity index (χ3v) is 4.88. The molecule has 3 rings (SSSR count). The van der Waals surface area contributed by atoms with Crippen molar-refractivity contribution in [2.24, 2.45) is 27.8 Å². The summed E-state index contributed by atoms with van der Waals surface area (Å²) in [6.45, 7) is 6.42. The number of thiazole rings is 1. The first-order chi connectivity index (χ1) is 9.28. The Morgan fingerprint density at radius 3 is 3.05 bits per heavy atom. The van der Waals surface area contributed by atoms with E-state index in [2.05, 4.69) is 47.3 Å². The summed E-state index contributed by atoms with van der Waals surface area (Å²) in [6.07, 6.45) is 11.2. The van der Waals surface area contributed by atoms with E-state index < -0.39 is 0 Å². The highest BCUT2D eigenvalue weighted by Gasteiger charge is 2.34. The summed E-state index contributed by atoms with van der Waals surface area (Å²) in [7, 11) is 0. The van der Waals surface area contributed by atoms with Gasteiger partial charge in [-0.25, -0.2) is 4.68 Å². The molecule has 3 unspecified atom stereocenters. The van der Waals surface area contributed by atoms with Crippen molar-refractivity contribution in [1.82, 2.24) is 4.68 Å². The SMILES string of the molecule is C=CCN=c1scc(C)n1N=CC1CC2C=CC1C2. The zero-order valence-corrected chi connectivity index (χ0v) is 12.0. The lowest BCUT2D eigenvalue weighted by Crippen LogP contribution is -2.15. The first-order valence-electron chi connectivity index (χ1n) is 6.79. The molecule has 0 radical (unpaired) electrons. The Balaban J connectivity index is 1.81. The molecular weight excluding hydrogens is 254 g/mol. The van der Waals surface area contributed by atoms with Crippen LogP contribution in [0.25, 0.3) is 0 Å². The Hall–Kier alpha value is -1.42. The van der Waals surface area contributed by atoms with Gasteiger partial charge >= 0.3 is 0 Å². The van der Waals surface area contributed by atoms with Crippen molar-refractivity contribution in [3.63, 3.8) is 0 Å². The van der Waals surface area contributed by atoms with Crippen molar-refractivity contribution in [1.29, 1.82) is 0 Å². The lowest BCUT2D eigenvalue weighted by atomic mass is 9.95. The summed E-state index contributed by atoms with van der Waals surface area (Å²) >= 11 is 1.63. The van der Waals surface area contributed by atoms with Gasteiger partial charge in [-0.15, -0.1) is 17.9 Å². The molecule has 1 saturated carbocycles. The molecule has 100 valence electrons. The minimum Gasteiger partial charge on any atom is -0.253 e. The average molecular weight is 273 g/mol. The largest absolute Gasteiger partial charge is 0.253 e. The maximum Gasteiger partial charge on any atom is 0.206 e. The second kappa shape index (κ2) is 5.29. The van der Waals surface area contributed by atoms with Crippen molar-refractivity contribution in [3.05, 3.63) is 40.7 Å². The molecule has 0 N–H and O–H groups in total. The molecule has 1 aromatic heterocycles. The van der Waals surface area contributed by atoms with Gasteiger partial charge < -0.3 is 0 Å². The van der Waals surface area contributed by atoms with Crippen LogP contribution >= 0.6 is 11.3 Å². The van der Waals surface area contributed by atoms with Crippen LogP contribution in [0.1, 0.15) is 18.5 Å². The minimum absolute atomic E-state index is 0.606. The smallest absolute Gasteiger partial charge is 0.206 e. The Labute approximate surface area is 117 Å². The average Bonchev–Trinajstić information content (AvgIpc) is 3.10. The molecule has 0 amide bonds. The topological polar surface area (TPSA) is 29.6 Å². The highest BCUT2D eigenvalue weighted by Crippen LogP contribution is 2.42. The van der Waals surface area contributed by atoms with Crippen LogP contribution in [0, 0.1) is 24.7 Å². The molecule has 1 aromatic rings. The second-order valence-corrected chi connectivity index (χ2v) is 6.15. The Kier molecular flexibility index (Phi) is 3.51. The molecular formula is C15H19N3S. The predicted octanol–water partition coefficient (Wildman–Crippen LogP) is 2.99. The fourth-order valence-electron chi connectivity index (χ4n) is 2.92. The first kappa shape index (κ1) is 12.6. The molecule has 0 saturated heterocycles. The third kappa shape index (κ3) is 2.50. The van der Waals surface area contributed by atoms with Crippen LogP contribution in [0.15, 0.2) is 40.3 Å². The van der Waals surface area contributed by atoms with Gasteiger partial charge in [-0.3, -0.25) is 4.99 Å². The van der Waals surface area contributed by atoms with Crippen LogP contribution in [0.3, 0.4) is 0 Å². The van der Waals surface area contributed by atoms with Crippen molar-refractivity contribution in [2.75, 3.05) is 6.54 Å².